The molecule has 2 aliphatic rings. The Hall–Kier alpha value is -4.48. The van der Waals surface area contributed by atoms with Crippen LogP contribution in [0.3, 0.4) is 0 Å². The van der Waals surface area contributed by atoms with Gasteiger partial charge in [-0.2, -0.15) is 0 Å². The van der Waals surface area contributed by atoms with Gasteiger partial charge in [-0.25, -0.2) is 0 Å². The van der Waals surface area contributed by atoms with Gasteiger partial charge in [-0.3, -0.25) is 14.4 Å². The van der Waals surface area contributed by atoms with E-state index in [1.807, 2.05) is 84.9 Å². The van der Waals surface area contributed by atoms with Gasteiger partial charge in [0.1, 0.15) is 0 Å². The maximum atomic E-state index is 14.7. The highest BCUT2D eigenvalue weighted by molar-refractivity contribution is 6.30. The lowest BCUT2D eigenvalue weighted by molar-refractivity contribution is -0.142. The molecule has 6 rings (SSSR count). The van der Waals surface area contributed by atoms with E-state index in [1.165, 1.54) is 6.08 Å². The number of carbonyl (C=O) groups excluding carboxylic acids is 3. The van der Waals surface area contributed by atoms with E-state index in [-0.39, 0.29) is 17.6 Å². The molecule has 4 aromatic carbocycles. The lowest BCUT2D eigenvalue weighted by Gasteiger charge is -2.38. The summed E-state index contributed by atoms with van der Waals surface area (Å²) in [5.74, 6) is -2.19. The number of benzene rings is 4. The van der Waals surface area contributed by atoms with Crippen molar-refractivity contribution in [1.82, 2.24) is 4.90 Å². The molecule has 1 N–H and O–H groups in total. The molecule has 2 aliphatic heterocycles. The van der Waals surface area contributed by atoms with E-state index in [2.05, 4.69) is 12.2 Å². The van der Waals surface area contributed by atoms with Crippen LogP contribution in [0.1, 0.15) is 52.7 Å². The van der Waals surface area contributed by atoms with E-state index in [1.54, 1.807) is 35.2 Å². The average molecular weight is 575 g/mol. The molecular formula is C36H31ClN2O3. The molecule has 0 aliphatic carbocycles. The van der Waals surface area contributed by atoms with Crippen LogP contribution in [0.5, 0.6) is 0 Å². The highest BCUT2D eigenvalue weighted by atomic mass is 35.5. The minimum Gasteiger partial charge on any atom is -0.323 e. The van der Waals surface area contributed by atoms with E-state index in [9.17, 15) is 14.4 Å². The van der Waals surface area contributed by atoms with Crippen LogP contribution in [0.15, 0.2) is 115 Å². The van der Waals surface area contributed by atoms with Crippen molar-refractivity contribution in [2.24, 2.45) is 5.92 Å². The van der Waals surface area contributed by atoms with Gasteiger partial charge in [0, 0.05) is 39.9 Å². The highest BCUT2D eigenvalue weighted by Gasteiger charge is 2.69. The normalized spacial score (nSPS) is 22.9. The number of nitrogens with one attached hydrogen (secondary N) is 1. The Morgan fingerprint density at radius 3 is 2.21 bits per heavy atom. The van der Waals surface area contributed by atoms with E-state index >= 15 is 0 Å². The predicted molar refractivity (Wildman–Crippen MR) is 166 cm³/mol. The number of para-hydroxylation sites is 1. The Kier molecular flexibility index (Phi) is 7.53. The number of fused-ring (bicyclic) bond motifs is 2. The Bertz CT molecular complexity index is 1650. The quantitative estimate of drug-likeness (QED) is 0.184. The number of hydrogen-bond acceptors (Lipinski definition) is 3. The van der Waals surface area contributed by atoms with Gasteiger partial charge in [-0.15, -0.1) is 0 Å². The first-order valence-electron chi connectivity index (χ1n) is 14.3. The van der Waals surface area contributed by atoms with Crippen molar-refractivity contribution in [3.8, 4) is 0 Å². The smallest absolute Gasteiger partial charge is 0.255 e. The van der Waals surface area contributed by atoms with E-state index in [0.29, 0.717) is 28.3 Å². The largest absolute Gasteiger partial charge is 0.323 e. The Labute approximate surface area is 250 Å². The molecule has 0 saturated carbocycles. The molecule has 1 fully saturated rings. The molecule has 1 saturated heterocycles. The third-order valence-electron chi connectivity index (χ3n) is 8.50. The fourth-order valence-electron chi connectivity index (χ4n) is 6.85. The summed E-state index contributed by atoms with van der Waals surface area (Å²) in [5.41, 5.74) is 1.95. The number of rotatable bonds is 7. The first-order valence-corrected chi connectivity index (χ1v) is 14.7. The number of anilines is 1. The Morgan fingerprint density at radius 1 is 0.881 bits per heavy atom. The van der Waals surface area contributed by atoms with Crippen molar-refractivity contribution in [2.75, 3.05) is 5.32 Å². The topological polar surface area (TPSA) is 66.5 Å². The van der Waals surface area contributed by atoms with Gasteiger partial charge < -0.3 is 10.2 Å². The number of hydrogen-bond donors (Lipinski definition) is 1. The zero-order valence-electron chi connectivity index (χ0n) is 23.2. The molecule has 4 atom stereocenters. The summed E-state index contributed by atoms with van der Waals surface area (Å²) < 4.78 is 0. The van der Waals surface area contributed by atoms with Crippen molar-refractivity contribution < 1.29 is 14.4 Å². The molecule has 0 aromatic heterocycles. The van der Waals surface area contributed by atoms with Gasteiger partial charge in [0.2, 0.25) is 5.91 Å². The summed E-state index contributed by atoms with van der Waals surface area (Å²) in [6.07, 6.45) is 4.66. The van der Waals surface area contributed by atoms with Gasteiger partial charge in [-0.05, 0) is 41.8 Å². The van der Waals surface area contributed by atoms with Crippen LogP contribution < -0.4 is 5.32 Å². The molecule has 5 nitrogen and oxygen atoms in total. The van der Waals surface area contributed by atoms with Gasteiger partial charge >= 0.3 is 0 Å². The Balaban J connectivity index is 1.63. The second-order valence-corrected chi connectivity index (χ2v) is 11.3. The van der Waals surface area contributed by atoms with Crippen molar-refractivity contribution in [1.29, 1.82) is 0 Å². The SMILES string of the molecule is CCCC1C(c2ccc(Cl)cc2)C(C(=O)c2ccccc2)C2(C(=O)Nc3ccccc32)N1C(=O)C=Cc1ccccc1. The molecule has 6 heteroatoms. The van der Waals surface area contributed by atoms with Gasteiger partial charge in [-0.1, -0.05) is 116 Å². The number of amides is 2. The van der Waals surface area contributed by atoms with Crippen LogP contribution >= 0.6 is 11.6 Å². The summed E-state index contributed by atoms with van der Waals surface area (Å²) in [4.78, 5) is 45.4. The first-order chi connectivity index (χ1) is 20.5. The maximum absolute atomic E-state index is 14.7. The third-order valence-corrected chi connectivity index (χ3v) is 8.75. The maximum Gasteiger partial charge on any atom is 0.255 e. The van der Waals surface area contributed by atoms with Crippen LogP contribution in [0.4, 0.5) is 5.69 Å². The second kappa shape index (κ2) is 11.4. The third kappa shape index (κ3) is 4.54. The first kappa shape index (κ1) is 27.7. The van der Waals surface area contributed by atoms with Gasteiger partial charge in [0.15, 0.2) is 11.3 Å². The fraction of sp³-hybridized carbons (Fsp3) is 0.194. The molecule has 0 radical (unpaired) electrons. The van der Waals surface area contributed by atoms with Crippen molar-refractivity contribution in [2.45, 2.75) is 37.3 Å². The zero-order valence-corrected chi connectivity index (χ0v) is 24.0. The number of carbonyl (C=O) groups is 3. The number of likely N-dealkylation sites (tertiary alicyclic amines) is 1. The van der Waals surface area contributed by atoms with Crippen LogP contribution in [0.2, 0.25) is 5.02 Å². The van der Waals surface area contributed by atoms with E-state index < -0.39 is 23.4 Å². The average Bonchev–Trinajstić information content (AvgIpc) is 3.48. The number of nitrogens with zero attached hydrogens (tertiary/aromatic N) is 1. The van der Waals surface area contributed by atoms with E-state index in [4.69, 9.17) is 11.6 Å². The number of halogens is 1. The van der Waals surface area contributed by atoms with E-state index in [0.717, 1.165) is 17.5 Å². The summed E-state index contributed by atoms with van der Waals surface area (Å²) in [6, 6.07) is 33.1. The number of ketones is 1. The molecule has 2 heterocycles. The van der Waals surface area contributed by atoms with Crippen LogP contribution in [-0.2, 0) is 15.1 Å². The van der Waals surface area contributed by atoms with Crippen molar-refractivity contribution in [3.05, 3.63) is 143 Å². The zero-order chi connectivity index (χ0) is 29.3. The van der Waals surface area contributed by atoms with Crippen molar-refractivity contribution in [3.63, 3.8) is 0 Å². The molecule has 42 heavy (non-hydrogen) atoms. The van der Waals surface area contributed by atoms with Crippen LogP contribution in [0, 0.1) is 5.92 Å². The standard InChI is InChI=1S/C36H31ClN2O3/c1-2-11-30-32(25-19-21-27(37)22-20-25)33(34(41)26-14-7-4-8-15-26)36(28-16-9-10-17-29(28)38-35(36)42)39(30)31(40)23-18-24-12-5-3-6-13-24/h3-10,12-23,30,32-33H,2,11H2,1H3,(H,38,42). The molecule has 4 unspecified atom stereocenters. The highest BCUT2D eigenvalue weighted by Crippen LogP contribution is 2.59. The predicted octanol–water partition coefficient (Wildman–Crippen LogP) is 7.49. The van der Waals surface area contributed by atoms with Gasteiger partial charge in [0.25, 0.3) is 5.91 Å². The number of Topliss-reactive ketones (excluding diaryl/α,β-unsaturated/α-hetero) is 1. The molecule has 4 aromatic rings. The minimum absolute atomic E-state index is 0.175. The molecule has 0 bridgehead atoms. The summed E-state index contributed by atoms with van der Waals surface area (Å²) in [6.45, 7) is 2.06. The monoisotopic (exact) mass is 574 g/mol. The summed E-state index contributed by atoms with van der Waals surface area (Å²) >= 11 is 6.30. The second-order valence-electron chi connectivity index (χ2n) is 10.9. The fourth-order valence-corrected chi connectivity index (χ4v) is 6.98. The summed E-state index contributed by atoms with van der Waals surface area (Å²) in [7, 11) is 0. The van der Waals surface area contributed by atoms with Crippen LogP contribution in [-0.4, -0.2) is 28.5 Å². The minimum atomic E-state index is -1.55. The Morgan fingerprint density at radius 2 is 1.52 bits per heavy atom. The van der Waals surface area contributed by atoms with Crippen molar-refractivity contribution >= 4 is 41.0 Å². The molecular weight excluding hydrogens is 544 g/mol. The molecule has 210 valence electrons. The van der Waals surface area contributed by atoms with Crippen LogP contribution in [0.25, 0.3) is 6.08 Å². The molecule has 2 amide bonds. The molecule has 1 spiro atoms. The van der Waals surface area contributed by atoms with Gasteiger partial charge in [0.05, 0.1) is 5.92 Å². The lowest BCUT2D eigenvalue weighted by atomic mass is 9.69. The summed E-state index contributed by atoms with van der Waals surface area (Å²) in [5, 5.41) is 3.61. The lowest BCUT2D eigenvalue weighted by Crippen LogP contribution is -2.56.